The van der Waals surface area contributed by atoms with Crippen molar-refractivity contribution in [3.05, 3.63) is 59.7 Å². The molecule has 0 saturated heterocycles. The molecule has 2 aromatic rings. The van der Waals surface area contributed by atoms with Gasteiger partial charge in [0.1, 0.15) is 12.4 Å². The molecule has 31 heavy (non-hydrogen) atoms. The zero-order valence-electron chi connectivity index (χ0n) is 18.5. The van der Waals surface area contributed by atoms with Crippen molar-refractivity contribution in [3.8, 4) is 5.75 Å². The third-order valence-corrected chi connectivity index (χ3v) is 6.20. The van der Waals surface area contributed by atoms with Crippen LogP contribution in [0.5, 0.6) is 5.75 Å². The van der Waals surface area contributed by atoms with Gasteiger partial charge in [0.15, 0.2) is 0 Å². The number of rotatable bonds is 8. The largest absolute Gasteiger partial charge is 0.492 e. The predicted molar refractivity (Wildman–Crippen MR) is 116 cm³/mol. The van der Waals surface area contributed by atoms with Gasteiger partial charge in [0.2, 0.25) is 10.0 Å². The van der Waals surface area contributed by atoms with Crippen LogP contribution in [-0.4, -0.2) is 21.6 Å². The molecule has 8 heteroatoms. The van der Waals surface area contributed by atoms with Crippen molar-refractivity contribution in [2.24, 2.45) is 5.41 Å². The molecular formula is C23H30F3NO3S. The van der Waals surface area contributed by atoms with E-state index in [-0.39, 0.29) is 24.0 Å². The second-order valence-corrected chi connectivity index (χ2v) is 11.2. The first-order valence-electron chi connectivity index (χ1n) is 10.0. The van der Waals surface area contributed by atoms with Gasteiger partial charge >= 0.3 is 6.18 Å². The number of hydrogen-bond acceptors (Lipinski definition) is 3. The lowest BCUT2D eigenvalue weighted by Crippen LogP contribution is -2.28. The molecule has 0 aliphatic carbocycles. The summed E-state index contributed by atoms with van der Waals surface area (Å²) in [7, 11) is -4.07. The summed E-state index contributed by atoms with van der Waals surface area (Å²) < 4.78 is 70.8. The molecule has 4 nitrogen and oxygen atoms in total. The average molecular weight is 458 g/mol. The lowest BCUT2D eigenvalue weighted by Gasteiger charge is -2.33. The smallest absolute Gasteiger partial charge is 0.416 e. The first kappa shape index (κ1) is 25.2. The Morgan fingerprint density at radius 3 is 2.06 bits per heavy atom. The molecule has 0 unspecified atom stereocenters. The van der Waals surface area contributed by atoms with Crippen LogP contribution in [-0.2, 0) is 21.6 Å². The van der Waals surface area contributed by atoms with Gasteiger partial charge in [0, 0.05) is 6.54 Å². The molecule has 1 N–H and O–H groups in total. The molecule has 2 aromatic carbocycles. The fourth-order valence-electron chi connectivity index (χ4n) is 3.70. The number of hydrogen-bond donors (Lipinski definition) is 1. The van der Waals surface area contributed by atoms with Crippen LogP contribution in [0.2, 0.25) is 0 Å². The van der Waals surface area contributed by atoms with Crippen LogP contribution in [0.15, 0.2) is 53.4 Å². The normalized spacial score (nSPS) is 13.3. The molecule has 172 valence electrons. The van der Waals surface area contributed by atoms with Gasteiger partial charge in [-0.25, -0.2) is 13.1 Å². The molecule has 0 aromatic heterocycles. The number of ether oxygens (including phenoxy) is 1. The Hall–Kier alpha value is -2.06. The molecule has 0 radical (unpaired) electrons. The van der Waals surface area contributed by atoms with E-state index in [4.69, 9.17) is 4.74 Å². The molecular weight excluding hydrogens is 427 g/mol. The van der Waals surface area contributed by atoms with Crippen LogP contribution in [0.1, 0.15) is 52.2 Å². The van der Waals surface area contributed by atoms with Crippen molar-refractivity contribution in [1.29, 1.82) is 0 Å². The molecule has 0 bridgehead atoms. The quantitative estimate of drug-likeness (QED) is 0.512. The van der Waals surface area contributed by atoms with Crippen LogP contribution in [0, 0.1) is 5.41 Å². The van der Waals surface area contributed by atoms with Crippen LogP contribution in [0.3, 0.4) is 0 Å². The zero-order valence-corrected chi connectivity index (χ0v) is 19.3. The van der Waals surface area contributed by atoms with Crippen LogP contribution < -0.4 is 9.46 Å². The van der Waals surface area contributed by atoms with Gasteiger partial charge in [-0.2, -0.15) is 13.2 Å². The molecule has 0 aliphatic rings. The van der Waals surface area contributed by atoms with Gasteiger partial charge in [-0.05, 0) is 53.1 Å². The lowest BCUT2D eigenvalue weighted by molar-refractivity contribution is -0.137. The Morgan fingerprint density at radius 2 is 1.52 bits per heavy atom. The Labute approximate surface area is 182 Å². The van der Waals surface area contributed by atoms with Crippen molar-refractivity contribution in [2.75, 3.05) is 13.2 Å². The van der Waals surface area contributed by atoms with Gasteiger partial charge in [-0.1, -0.05) is 52.8 Å². The summed E-state index contributed by atoms with van der Waals surface area (Å²) in [5.41, 5.74) is 0.355. The number of sulfonamides is 1. The fraction of sp³-hybridized carbons (Fsp3) is 0.478. The summed E-state index contributed by atoms with van der Waals surface area (Å²) in [5.74, 6) is 0.591. The third-order valence-electron chi connectivity index (χ3n) is 4.74. The van der Waals surface area contributed by atoms with E-state index >= 15 is 0 Å². The van der Waals surface area contributed by atoms with E-state index in [0.29, 0.717) is 11.8 Å². The summed E-state index contributed by atoms with van der Waals surface area (Å²) in [6.45, 7) is 11.0. The van der Waals surface area contributed by atoms with Crippen molar-refractivity contribution in [1.82, 2.24) is 4.72 Å². The molecule has 0 saturated carbocycles. The second kappa shape index (κ2) is 9.20. The topological polar surface area (TPSA) is 55.4 Å². The van der Waals surface area contributed by atoms with E-state index in [1.54, 1.807) is 0 Å². The number of benzene rings is 2. The highest BCUT2D eigenvalue weighted by atomic mass is 32.2. The minimum Gasteiger partial charge on any atom is -0.492 e. The van der Waals surface area contributed by atoms with Crippen molar-refractivity contribution < 1.29 is 26.3 Å². The molecule has 0 spiro atoms. The van der Waals surface area contributed by atoms with E-state index in [0.717, 1.165) is 24.6 Å². The maximum Gasteiger partial charge on any atom is 0.416 e. The third kappa shape index (κ3) is 7.54. The maximum absolute atomic E-state index is 12.8. The Bertz CT molecular complexity index is 976. The van der Waals surface area contributed by atoms with E-state index in [9.17, 15) is 21.6 Å². The minimum atomic E-state index is -4.61. The number of alkyl halides is 3. The van der Waals surface area contributed by atoms with E-state index in [1.807, 2.05) is 24.3 Å². The second-order valence-electron chi connectivity index (χ2n) is 9.42. The first-order chi connectivity index (χ1) is 14.1. The van der Waals surface area contributed by atoms with E-state index < -0.39 is 26.7 Å². The van der Waals surface area contributed by atoms with Gasteiger partial charge in [-0.3, -0.25) is 0 Å². The predicted octanol–water partition coefficient (Wildman–Crippen LogP) is 5.78. The van der Waals surface area contributed by atoms with Gasteiger partial charge in [-0.15, -0.1) is 0 Å². The highest BCUT2D eigenvalue weighted by Crippen LogP contribution is 2.36. The molecule has 0 amide bonds. The Morgan fingerprint density at radius 1 is 0.903 bits per heavy atom. The summed E-state index contributed by atoms with van der Waals surface area (Å²) >= 11 is 0. The van der Waals surface area contributed by atoms with Gasteiger partial charge in [0.05, 0.1) is 10.5 Å². The molecule has 0 heterocycles. The Balaban J connectivity index is 1.93. The molecule has 0 aliphatic heterocycles. The summed E-state index contributed by atoms with van der Waals surface area (Å²) in [5, 5.41) is 0. The van der Waals surface area contributed by atoms with Crippen molar-refractivity contribution in [2.45, 2.75) is 57.5 Å². The summed E-state index contributed by atoms with van der Waals surface area (Å²) in [6, 6.07) is 11.3. The Kier molecular flexibility index (Phi) is 7.48. The standard InChI is InChI=1S/C23H30F3NO3S/c1-21(2,3)16-22(4,5)17-9-11-19(12-10-17)30-14-13-27-31(28,29)20-8-6-7-18(15-20)23(24,25)26/h6-12,15,27H,13-14,16H2,1-5H3. The highest BCUT2D eigenvalue weighted by molar-refractivity contribution is 7.89. The molecule has 2 rings (SSSR count). The van der Waals surface area contributed by atoms with Crippen molar-refractivity contribution >= 4 is 10.0 Å². The summed E-state index contributed by atoms with van der Waals surface area (Å²) in [6.07, 6.45) is -3.60. The minimum absolute atomic E-state index is 0.00261. The zero-order chi connectivity index (χ0) is 23.5. The first-order valence-corrected chi connectivity index (χ1v) is 11.5. The number of nitrogens with one attached hydrogen (secondary N) is 1. The monoisotopic (exact) mass is 457 g/mol. The lowest BCUT2D eigenvalue weighted by atomic mass is 9.72. The molecule has 0 fully saturated rings. The van der Waals surface area contributed by atoms with Crippen LogP contribution in [0.25, 0.3) is 0 Å². The van der Waals surface area contributed by atoms with Crippen LogP contribution >= 0.6 is 0 Å². The van der Waals surface area contributed by atoms with Crippen molar-refractivity contribution in [3.63, 3.8) is 0 Å². The number of halogens is 3. The SMILES string of the molecule is CC(C)(C)CC(C)(C)c1ccc(OCCNS(=O)(=O)c2cccc(C(F)(F)F)c2)cc1. The fourth-order valence-corrected chi connectivity index (χ4v) is 4.76. The molecule has 0 atom stereocenters. The van der Waals surface area contributed by atoms with Gasteiger partial charge in [0.25, 0.3) is 0 Å². The average Bonchev–Trinajstić information content (AvgIpc) is 2.63. The maximum atomic E-state index is 12.8. The highest BCUT2D eigenvalue weighted by Gasteiger charge is 2.31. The van der Waals surface area contributed by atoms with Gasteiger partial charge < -0.3 is 4.74 Å². The van der Waals surface area contributed by atoms with Crippen LogP contribution in [0.4, 0.5) is 13.2 Å². The van der Waals surface area contributed by atoms with E-state index in [2.05, 4.69) is 39.3 Å². The van der Waals surface area contributed by atoms with E-state index in [1.165, 1.54) is 5.56 Å². The summed E-state index contributed by atoms with van der Waals surface area (Å²) in [4.78, 5) is -0.437.